The number of rotatable bonds is 3. The van der Waals surface area contributed by atoms with Gasteiger partial charge in [0.15, 0.2) is 0 Å². The number of carbonyl (C=O) groups is 1. The normalized spacial score (nSPS) is 35.2. The highest BCUT2D eigenvalue weighted by atomic mass is 16.6. The van der Waals surface area contributed by atoms with E-state index in [4.69, 9.17) is 14.2 Å². The van der Waals surface area contributed by atoms with Crippen LogP contribution in [0.25, 0.3) is 0 Å². The number of ether oxygens (including phenoxy) is 3. The molecule has 3 aliphatic heterocycles. The molecule has 5 nitrogen and oxygen atoms in total. The topological polar surface area (TPSA) is 48.0 Å². The minimum absolute atomic E-state index is 0.00945. The van der Waals surface area contributed by atoms with Crippen molar-refractivity contribution in [2.24, 2.45) is 5.92 Å². The molecule has 5 heteroatoms. The Hall–Kier alpha value is -0.650. The smallest absolute Gasteiger partial charge is 0.309 e. The van der Waals surface area contributed by atoms with Crippen LogP contribution in [0.4, 0.5) is 0 Å². The van der Waals surface area contributed by atoms with Crippen molar-refractivity contribution in [3.63, 3.8) is 0 Å². The lowest BCUT2D eigenvalue weighted by Gasteiger charge is -2.44. The Morgan fingerprint density at radius 3 is 2.76 bits per heavy atom. The van der Waals surface area contributed by atoms with Gasteiger partial charge in [-0.25, -0.2) is 0 Å². The van der Waals surface area contributed by atoms with Gasteiger partial charge in [0.1, 0.15) is 0 Å². The summed E-state index contributed by atoms with van der Waals surface area (Å²) in [6.45, 7) is 6.79. The second-order valence-corrected chi connectivity index (χ2v) is 6.54. The highest BCUT2D eigenvalue weighted by molar-refractivity contribution is 5.72. The Morgan fingerprint density at radius 2 is 2.10 bits per heavy atom. The molecule has 0 amide bonds. The zero-order valence-electron chi connectivity index (χ0n) is 13.0. The third-order valence-electron chi connectivity index (χ3n) is 5.20. The van der Waals surface area contributed by atoms with Crippen LogP contribution in [0.5, 0.6) is 0 Å². The van der Waals surface area contributed by atoms with E-state index >= 15 is 0 Å². The van der Waals surface area contributed by atoms with Crippen molar-refractivity contribution in [2.75, 3.05) is 39.5 Å². The van der Waals surface area contributed by atoms with E-state index in [2.05, 4.69) is 4.90 Å². The largest absolute Gasteiger partial charge is 0.466 e. The first-order valence-corrected chi connectivity index (χ1v) is 8.35. The number of nitrogens with zero attached hydrogens (tertiary/aromatic N) is 1. The van der Waals surface area contributed by atoms with Crippen LogP contribution < -0.4 is 0 Å². The van der Waals surface area contributed by atoms with Gasteiger partial charge in [-0.3, -0.25) is 4.79 Å². The first-order chi connectivity index (χ1) is 10.2. The quantitative estimate of drug-likeness (QED) is 0.741. The lowest BCUT2D eigenvalue weighted by Crippen LogP contribution is -2.51. The molecule has 0 aromatic rings. The average Bonchev–Trinajstić information content (AvgIpc) is 2.95. The molecule has 2 atom stereocenters. The molecule has 0 aromatic carbocycles. The van der Waals surface area contributed by atoms with Gasteiger partial charge >= 0.3 is 5.97 Å². The molecule has 3 aliphatic rings. The maximum absolute atomic E-state index is 11.8. The standard InChI is InChI=1S/C16H27NO4/c1-2-20-15(18)13-3-7-17(8-4-13)14-5-9-21-16(11-14)6-10-19-12-16/h13-14H,2-12H2,1H3. The first kappa shape index (κ1) is 15.3. The molecule has 3 fully saturated rings. The van der Waals surface area contributed by atoms with E-state index in [0.717, 1.165) is 65.0 Å². The SMILES string of the molecule is CCOC(=O)C1CCN(C2CCOC3(CCOC3)C2)CC1. The van der Waals surface area contributed by atoms with Crippen molar-refractivity contribution in [1.82, 2.24) is 4.90 Å². The number of likely N-dealkylation sites (tertiary alicyclic amines) is 1. The van der Waals surface area contributed by atoms with E-state index in [-0.39, 0.29) is 17.5 Å². The van der Waals surface area contributed by atoms with Crippen molar-refractivity contribution in [1.29, 1.82) is 0 Å². The molecule has 3 rings (SSSR count). The molecule has 0 N–H and O–H groups in total. The fraction of sp³-hybridized carbons (Fsp3) is 0.938. The van der Waals surface area contributed by atoms with Gasteiger partial charge in [0, 0.05) is 25.7 Å². The number of piperidine rings is 1. The summed E-state index contributed by atoms with van der Waals surface area (Å²) in [6.07, 6.45) is 5.07. The van der Waals surface area contributed by atoms with Gasteiger partial charge in [-0.15, -0.1) is 0 Å². The summed E-state index contributed by atoms with van der Waals surface area (Å²) in [6, 6.07) is 0.587. The summed E-state index contributed by atoms with van der Waals surface area (Å²) >= 11 is 0. The highest BCUT2D eigenvalue weighted by Gasteiger charge is 2.43. The molecule has 2 unspecified atom stereocenters. The van der Waals surface area contributed by atoms with Gasteiger partial charge in [-0.05, 0) is 45.7 Å². The Labute approximate surface area is 126 Å². The Morgan fingerprint density at radius 1 is 1.29 bits per heavy atom. The summed E-state index contributed by atoms with van der Waals surface area (Å²) in [4.78, 5) is 14.4. The number of esters is 1. The van der Waals surface area contributed by atoms with Crippen LogP contribution in [-0.2, 0) is 19.0 Å². The van der Waals surface area contributed by atoms with E-state index in [0.29, 0.717) is 12.6 Å². The van der Waals surface area contributed by atoms with E-state index in [1.807, 2.05) is 6.92 Å². The van der Waals surface area contributed by atoms with Gasteiger partial charge in [0.2, 0.25) is 0 Å². The van der Waals surface area contributed by atoms with Crippen LogP contribution in [-0.4, -0.2) is 62.0 Å². The fourth-order valence-corrected chi connectivity index (χ4v) is 3.94. The predicted octanol–water partition coefficient (Wildman–Crippen LogP) is 1.60. The number of hydrogen-bond donors (Lipinski definition) is 0. The molecule has 0 radical (unpaired) electrons. The van der Waals surface area contributed by atoms with E-state index in [1.165, 1.54) is 0 Å². The maximum atomic E-state index is 11.8. The van der Waals surface area contributed by atoms with Gasteiger partial charge in [-0.2, -0.15) is 0 Å². The Balaban J connectivity index is 1.51. The molecule has 120 valence electrons. The highest BCUT2D eigenvalue weighted by Crippen LogP contribution is 2.36. The third kappa shape index (κ3) is 3.41. The lowest BCUT2D eigenvalue weighted by molar-refractivity contribution is -0.150. The molecular formula is C16H27NO4. The van der Waals surface area contributed by atoms with Crippen LogP contribution >= 0.6 is 0 Å². The number of carbonyl (C=O) groups excluding carboxylic acids is 1. The van der Waals surface area contributed by atoms with Gasteiger partial charge in [0.25, 0.3) is 0 Å². The molecule has 3 heterocycles. The third-order valence-corrected chi connectivity index (χ3v) is 5.20. The van der Waals surface area contributed by atoms with Crippen LogP contribution in [0.3, 0.4) is 0 Å². The summed E-state index contributed by atoms with van der Waals surface area (Å²) in [7, 11) is 0. The van der Waals surface area contributed by atoms with Crippen LogP contribution in [0.2, 0.25) is 0 Å². The molecule has 0 aliphatic carbocycles. The van der Waals surface area contributed by atoms with E-state index in [1.54, 1.807) is 0 Å². The monoisotopic (exact) mass is 297 g/mol. The minimum Gasteiger partial charge on any atom is -0.466 e. The Bertz CT molecular complexity index is 359. The molecule has 1 spiro atoms. The second kappa shape index (κ2) is 6.63. The van der Waals surface area contributed by atoms with Crippen molar-refractivity contribution < 1.29 is 19.0 Å². The van der Waals surface area contributed by atoms with Crippen molar-refractivity contribution in [2.45, 2.75) is 50.7 Å². The summed E-state index contributed by atoms with van der Waals surface area (Å²) in [5.74, 6) is 0.0922. The minimum atomic E-state index is -0.0269. The zero-order chi connectivity index (χ0) is 14.7. The second-order valence-electron chi connectivity index (χ2n) is 6.54. The lowest BCUT2D eigenvalue weighted by atomic mass is 9.87. The van der Waals surface area contributed by atoms with Crippen molar-refractivity contribution in [3.8, 4) is 0 Å². The van der Waals surface area contributed by atoms with E-state index < -0.39 is 0 Å². The fourth-order valence-electron chi connectivity index (χ4n) is 3.94. The van der Waals surface area contributed by atoms with Gasteiger partial charge in [0.05, 0.1) is 24.7 Å². The van der Waals surface area contributed by atoms with Gasteiger partial charge in [-0.1, -0.05) is 0 Å². The first-order valence-electron chi connectivity index (χ1n) is 8.35. The van der Waals surface area contributed by atoms with Crippen LogP contribution in [0.15, 0.2) is 0 Å². The van der Waals surface area contributed by atoms with Crippen molar-refractivity contribution in [3.05, 3.63) is 0 Å². The average molecular weight is 297 g/mol. The predicted molar refractivity (Wildman–Crippen MR) is 78.1 cm³/mol. The van der Waals surface area contributed by atoms with E-state index in [9.17, 15) is 4.79 Å². The van der Waals surface area contributed by atoms with Crippen LogP contribution in [0, 0.1) is 5.92 Å². The molecular weight excluding hydrogens is 270 g/mol. The zero-order valence-corrected chi connectivity index (χ0v) is 13.0. The molecule has 0 aromatic heterocycles. The summed E-state index contributed by atoms with van der Waals surface area (Å²) < 4.78 is 16.7. The molecule has 21 heavy (non-hydrogen) atoms. The van der Waals surface area contributed by atoms with Crippen molar-refractivity contribution >= 4 is 5.97 Å². The molecule has 0 saturated carbocycles. The van der Waals surface area contributed by atoms with Crippen LogP contribution in [0.1, 0.15) is 39.0 Å². The maximum Gasteiger partial charge on any atom is 0.309 e. The number of hydrogen-bond acceptors (Lipinski definition) is 5. The molecule has 3 saturated heterocycles. The summed E-state index contributed by atoms with van der Waals surface area (Å²) in [5.41, 5.74) is -0.0269. The Kier molecular flexibility index (Phi) is 4.82. The summed E-state index contributed by atoms with van der Waals surface area (Å²) in [5, 5.41) is 0. The molecule has 0 bridgehead atoms. The van der Waals surface area contributed by atoms with Gasteiger partial charge < -0.3 is 19.1 Å².